The Balaban J connectivity index is 1.33. The van der Waals surface area contributed by atoms with Crippen LogP contribution in [0.3, 0.4) is 0 Å². The molecule has 0 aliphatic heterocycles. The summed E-state index contributed by atoms with van der Waals surface area (Å²) in [5.41, 5.74) is 1.58. The molecule has 0 aliphatic rings. The molecule has 156 valence electrons. The van der Waals surface area contributed by atoms with Crippen molar-refractivity contribution >= 4 is 23.4 Å². The maximum atomic E-state index is 12.9. The van der Waals surface area contributed by atoms with E-state index in [0.29, 0.717) is 36.2 Å². The monoisotopic (exact) mass is 429 g/mol. The second-order valence-electron chi connectivity index (χ2n) is 6.63. The van der Waals surface area contributed by atoms with Gasteiger partial charge >= 0.3 is 0 Å². The van der Waals surface area contributed by atoms with Crippen molar-refractivity contribution in [2.45, 2.75) is 19.3 Å². The molecule has 0 spiro atoms. The number of benzene rings is 2. The fraction of sp³-hybridized carbons (Fsp3) is 0.227. The van der Waals surface area contributed by atoms with Crippen LogP contribution in [0.5, 0.6) is 0 Å². The highest BCUT2D eigenvalue weighted by Gasteiger charge is 2.09. The summed E-state index contributed by atoms with van der Waals surface area (Å²) < 4.78 is 18.5. The van der Waals surface area contributed by atoms with Crippen LogP contribution in [0.2, 0.25) is 5.02 Å². The molecule has 3 aromatic rings. The van der Waals surface area contributed by atoms with Crippen LogP contribution in [0, 0.1) is 5.82 Å². The Labute approximate surface area is 178 Å². The number of aromatic nitrogens is 1. The minimum Gasteiger partial charge on any atom is -0.441 e. The summed E-state index contributed by atoms with van der Waals surface area (Å²) in [4.78, 5) is 28.0. The number of carbonyl (C=O) groups excluding carboxylic acids is 2. The molecule has 6 nitrogen and oxygen atoms in total. The van der Waals surface area contributed by atoms with Gasteiger partial charge in [0.2, 0.25) is 11.8 Å². The minimum absolute atomic E-state index is 0.158. The highest BCUT2D eigenvalue weighted by Crippen LogP contribution is 2.22. The van der Waals surface area contributed by atoms with Gasteiger partial charge in [0.15, 0.2) is 11.7 Å². The van der Waals surface area contributed by atoms with E-state index in [0.717, 1.165) is 11.1 Å². The van der Waals surface area contributed by atoms with Crippen LogP contribution >= 0.6 is 11.6 Å². The summed E-state index contributed by atoms with van der Waals surface area (Å²) in [6.45, 7) is 0.626. The molecule has 0 atom stereocenters. The second-order valence-corrected chi connectivity index (χ2v) is 7.06. The Bertz CT molecular complexity index is 988. The third-order valence-corrected chi connectivity index (χ3v) is 4.55. The van der Waals surface area contributed by atoms with Crippen LogP contribution in [0.25, 0.3) is 11.3 Å². The molecular weight excluding hydrogens is 409 g/mol. The molecule has 8 heteroatoms. The molecule has 2 amide bonds. The molecule has 1 heterocycles. The van der Waals surface area contributed by atoms with Gasteiger partial charge in [-0.3, -0.25) is 9.59 Å². The van der Waals surface area contributed by atoms with E-state index in [1.54, 1.807) is 30.5 Å². The van der Waals surface area contributed by atoms with Gasteiger partial charge in [-0.05, 0) is 42.0 Å². The third-order valence-electron chi connectivity index (χ3n) is 4.30. The lowest BCUT2D eigenvalue weighted by molar-refractivity contribution is -0.122. The van der Waals surface area contributed by atoms with Crippen LogP contribution < -0.4 is 10.6 Å². The third kappa shape index (κ3) is 6.70. The van der Waals surface area contributed by atoms with E-state index in [2.05, 4.69) is 15.6 Å². The zero-order chi connectivity index (χ0) is 21.3. The summed E-state index contributed by atoms with van der Waals surface area (Å²) in [5.74, 6) is 0.404. The van der Waals surface area contributed by atoms with E-state index in [1.807, 2.05) is 12.1 Å². The summed E-state index contributed by atoms with van der Waals surface area (Å²) in [7, 11) is 0. The Morgan fingerprint density at radius 1 is 0.967 bits per heavy atom. The van der Waals surface area contributed by atoms with Crippen molar-refractivity contribution < 1.29 is 18.4 Å². The lowest BCUT2D eigenvalue weighted by Gasteiger charge is -2.07. The minimum atomic E-state index is -0.340. The normalized spacial score (nSPS) is 10.6. The summed E-state index contributed by atoms with van der Waals surface area (Å²) in [6, 6.07) is 13.0. The summed E-state index contributed by atoms with van der Waals surface area (Å²) in [6.07, 6.45) is 2.38. The Morgan fingerprint density at radius 2 is 1.63 bits per heavy atom. The number of rotatable bonds is 9. The first-order valence-corrected chi connectivity index (χ1v) is 9.86. The maximum absolute atomic E-state index is 12.9. The van der Waals surface area contributed by atoms with Crippen molar-refractivity contribution in [2.24, 2.45) is 0 Å². The molecule has 30 heavy (non-hydrogen) atoms. The van der Waals surface area contributed by atoms with Crippen molar-refractivity contribution in [1.29, 1.82) is 0 Å². The van der Waals surface area contributed by atoms with Crippen LogP contribution in [0.1, 0.15) is 17.9 Å². The van der Waals surface area contributed by atoms with Crippen LogP contribution in [-0.2, 0) is 22.4 Å². The van der Waals surface area contributed by atoms with Gasteiger partial charge < -0.3 is 15.1 Å². The molecule has 0 fully saturated rings. The molecule has 3 rings (SSSR count). The molecule has 2 N–H and O–H groups in total. The van der Waals surface area contributed by atoms with E-state index in [4.69, 9.17) is 16.0 Å². The number of hydrogen-bond donors (Lipinski definition) is 2. The van der Waals surface area contributed by atoms with Crippen molar-refractivity contribution in [1.82, 2.24) is 15.6 Å². The average Bonchev–Trinajstić information content (AvgIpc) is 3.21. The lowest BCUT2D eigenvalue weighted by Crippen LogP contribution is -2.35. The second kappa shape index (κ2) is 10.5. The highest BCUT2D eigenvalue weighted by molar-refractivity contribution is 6.30. The zero-order valence-electron chi connectivity index (χ0n) is 16.2. The molecule has 2 aromatic carbocycles. The first kappa shape index (κ1) is 21.5. The fourth-order valence-electron chi connectivity index (χ4n) is 2.74. The topological polar surface area (TPSA) is 84.2 Å². The largest absolute Gasteiger partial charge is 0.441 e. The molecule has 0 bridgehead atoms. The van der Waals surface area contributed by atoms with Crippen molar-refractivity contribution in [3.05, 3.63) is 77.0 Å². The molecule has 0 saturated carbocycles. The molecule has 0 saturated heterocycles. The van der Waals surface area contributed by atoms with Gasteiger partial charge in [0, 0.05) is 36.5 Å². The number of hydrogen-bond acceptors (Lipinski definition) is 4. The van der Waals surface area contributed by atoms with Gasteiger partial charge in [-0.15, -0.1) is 0 Å². The van der Waals surface area contributed by atoms with Crippen LogP contribution in [0.4, 0.5) is 4.39 Å². The quantitative estimate of drug-likeness (QED) is 0.509. The summed E-state index contributed by atoms with van der Waals surface area (Å²) in [5, 5.41) is 6.09. The summed E-state index contributed by atoms with van der Waals surface area (Å²) >= 11 is 5.87. The number of amides is 2. The first-order valence-electron chi connectivity index (χ1n) is 9.48. The van der Waals surface area contributed by atoms with Gasteiger partial charge in [0.1, 0.15) is 5.82 Å². The molecule has 0 radical (unpaired) electrons. The molecular formula is C22H21ClFN3O3. The molecule has 1 aromatic heterocycles. The van der Waals surface area contributed by atoms with Gasteiger partial charge in [0.25, 0.3) is 0 Å². The van der Waals surface area contributed by atoms with Gasteiger partial charge in [-0.1, -0.05) is 23.7 Å². The Morgan fingerprint density at radius 3 is 2.33 bits per heavy atom. The SMILES string of the molecule is O=C(CCc1ncc(-c2ccc(Cl)cc2)o1)NCCNC(=O)Cc1ccc(F)cc1. The zero-order valence-corrected chi connectivity index (χ0v) is 16.9. The fourth-order valence-corrected chi connectivity index (χ4v) is 2.86. The lowest BCUT2D eigenvalue weighted by atomic mass is 10.1. The average molecular weight is 430 g/mol. The maximum Gasteiger partial charge on any atom is 0.224 e. The van der Waals surface area contributed by atoms with Gasteiger partial charge in [0.05, 0.1) is 12.6 Å². The predicted octanol–water partition coefficient (Wildman–Crippen LogP) is 3.54. The highest BCUT2D eigenvalue weighted by atomic mass is 35.5. The number of nitrogens with one attached hydrogen (secondary N) is 2. The van der Waals surface area contributed by atoms with E-state index >= 15 is 0 Å². The number of oxazole rings is 1. The van der Waals surface area contributed by atoms with Gasteiger partial charge in [-0.2, -0.15) is 0 Å². The smallest absolute Gasteiger partial charge is 0.224 e. The number of nitrogens with zero attached hydrogens (tertiary/aromatic N) is 1. The van der Waals surface area contributed by atoms with Crippen LogP contribution in [-0.4, -0.2) is 29.9 Å². The first-order chi connectivity index (χ1) is 14.5. The van der Waals surface area contributed by atoms with E-state index in [9.17, 15) is 14.0 Å². The number of halogens is 2. The Kier molecular flexibility index (Phi) is 7.57. The van der Waals surface area contributed by atoms with Crippen molar-refractivity contribution in [3.8, 4) is 11.3 Å². The molecule has 0 aliphatic carbocycles. The van der Waals surface area contributed by atoms with Crippen LogP contribution in [0.15, 0.2) is 59.1 Å². The number of aryl methyl sites for hydroxylation is 1. The predicted molar refractivity (Wildman–Crippen MR) is 111 cm³/mol. The number of carbonyl (C=O) groups is 2. The molecule has 0 unspecified atom stereocenters. The Hall–Kier alpha value is -3.19. The van der Waals surface area contributed by atoms with E-state index in [1.165, 1.54) is 12.1 Å². The van der Waals surface area contributed by atoms with Crippen molar-refractivity contribution in [3.63, 3.8) is 0 Å². The van der Waals surface area contributed by atoms with Crippen molar-refractivity contribution in [2.75, 3.05) is 13.1 Å². The standard InChI is InChI=1S/C22H21ClFN3O3/c23-17-5-3-16(4-6-17)19-14-27-22(30-19)10-9-20(28)25-11-12-26-21(29)13-15-1-7-18(24)8-2-15/h1-8,14H,9-13H2,(H,25,28)(H,26,29). The van der Waals surface area contributed by atoms with Gasteiger partial charge in [-0.25, -0.2) is 9.37 Å². The van der Waals surface area contributed by atoms with E-state index in [-0.39, 0.29) is 30.5 Å². The van der Waals surface area contributed by atoms with E-state index < -0.39 is 0 Å².